The maximum atomic E-state index is 11.7. The van der Waals surface area contributed by atoms with Crippen molar-refractivity contribution in [1.29, 1.82) is 0 Å². The molecule has 1 aliphatic rings. The molecule has 2 heterocycles. The zero-order valence-corrected chi connectivity index (χ0v) is 15.6. The molecule has 1 aliphatic heterocycles. The van der Waals surface area contributed by atoms with Crippen molar-refractivity contribution in [3.05, 3.63) is 64.5 Å². The lowest BCUT2D eigenvalue weighted by Crippen LogP contribution is -2.46. The molecule has 1 fully saturated rings. The molecule has 8 nitrogen and oxygen atoms in total. The summed E-state index contributed by atoms with van der Waals surface area (Å²) in [6.45, 7) is 4.99. The quantitative estimate of drug-likeness (QED) is 0.495. The van der Waals surface area contributed by atoms with Gasteiger partial charge < -0.3 is 14.3 Å². The maximum Gasteiger partial charge on any atom is 0.293 e. The number of aryl methyl sites for hydroxylation is 1. The van der Waals surface area contributed by atoms with E-state index in [1.165, 1.54) is 11.8 Å². The van der Waals surface area contributed by atoms with Crippen LogP contribution in [0.2, 0.25) is 0 Å². The average Bonchev–Trinajstić information content (AvgIpc) is 3.23. The van der Waals surface area contributed by atoms with Crippen LogP contribution in [0, 0.1) is 10.1 Å². The fraction of sp³-hybridized carbons (Fsp3) is 0.300. The number of piperazine rings is 1. The average molecular weight is 379 g/mol. The van der Waals surface area contributed by atoms with E-state index in [0.717, 1.165) is 26.2 Å². The smallest absolute Gasteiger partial charge is 0.293 e. The second-order valence-electron chi connectivity index (χ2n) is 6.64. The van der Waals surface area contributed by atoms with Crippen LogP contribution in [0.3, 0.4) is 0 Å². The molecule has 0 spiro atoms. The maximum absolute atomic E-state index is 11.7. The van der Waals surface area contributed by atoms with Crippen LogP contribution in [-0.4, -0.2) is 41.2 Å². The van der Waals surface area contributed by atoms with Gasteiger partial charge in [-0.3, -0.25) is 10.1 Å². The molecule has 4 rings (SSSR count). The number of hydrogen-bond acceptors (Lipinski definition) is 7. The van der Waals surface area contributed by atoms with Gasteiger partial charge in [0.1, 0.15) is 5.69 Å². The molecular formula is C20H21N5O3. The summed E-state index contributed by atoms with van der Waals surface area (Å²) >= 11 is 0. The molecule has 3 aromatic rings. The van der Waals surface area contributed by atoms with Crippen LogP contribution < -0.4 is 9.80 Å². The van der Waals surface area contributed by atoms with Gasteiger partial charge in [0.05, 0.1) is 4.92 Å². The van der Waals surface area contributed by atoms with E-state index in [9.17, 15) is 10.1 Å². The number of benzene rings is 2. The van der Waals surface area contributed by atoms with Gasteiger partial charge in [0, 0.05) is 49.9 Å². The summed E-state index contributed by atoms with van der Waals surface area (Å²) in [6, 6.07) is 15.3. The highest BCUT2D eigenvalue weighted by Gasteiger charge is 2.25. The van der Waals surface area contributed by atoms with Crippen molar-refractivity contribution in [2.45, 2.75) is 13.3 Å². The zero-order valence-electron chi connectivity index (χ0n) is 15.6. The lowest BCUT2D eigenvalue weighted by Gasteiger charge is -2.37. The topological polar surface area (TPSA) is 88.5 Å². The van der Waals surface area contributed by atoms with Crippen LogP contribution in [0.25, 0.3) is 11.5 Å². The van der Waals surface area contributed by atoms with E-state index >= 15 is 0 Å². The Kier molecular flexibility index (Phi) is 4.92. The van der Waals surface area contributed by atoms with Crippen molar-refractivity contribution >= 4 is 17.1 Å². The van der Waals surface area contributed by atoms with Gasteiger partial charge in [-0.05, 0) is 24.3 Å². The first-order chi connectivity index (χ1) is 13.7. The van der Waals surface area contributed by atoms with E-state index in [1.54, 1.807) is 12.1 Å². The van der Waals surface area contributed by atoms with Crippen molar-refractivity contribution < 1.29 is 9.45 Å². The molecular weight excluding hydrogens is 358 g/mol. The van der Waals surface area contributed by atoms with Gasteiger partial charge in [0.2, 0.25) is 0 Å². The van der Waals surface area contributed by atoms with Crippen LogP contribution in [0.1, 0.15) is 12.7 Å². The van der Waals surface area contributed by atoms with Crippen LogP contribution in [-0.2, 0) is 6.42 Å². The number of hydrogen-bond donors (Lipinski definition) is 0. The highest BCUT2D eigenvalue weighted by atomic mass is 16.6. The first kappa shape index (κ1) is 18.0. The monoisotopic (exact) mass is 379 g/mol. The second kappa shape index (κ2) is 7.67. The van der Waals surface area contributed by atoms with Gasteiger partial charge in [-0.15, -0.1) is 0 Å². The van der Waals surface area contributed by atoms with E-state index in [1.807, 2.05) is 25.1 Å². The van der Waals surface area contributed by atoms with Crippen molar-refractivity contribution in [2.24, 2.45) is 0 Å². The van der Waals surface area contributed by atoms with Crippen LogP contribution in [0.15, 0.2) is 53.1 Å². The van der Waals surface area contributed by atoms with Crippen molar-refractivity contribution in [3.63, 3.8) is 0 Å². The molecule has 0 saturated carbocycles. The molecule has 28 heavy (non-hydrogen) atoms. The SMILES string of the molecule is CCc1noc(-c2ccc(N3CCN(c4ccccc4)CC3)c([N+](=O)[O-])c2)n1. The Balaban J connectivity index is 1.55. The van der Waals surface area contributed by atoms with Gasteiger partial charge in [-0.2, -0.15) is 4.98 Å². The predicted molar refractivity (Wildman–Crippen MR) is 107 cm³/mol. The fourth-order valence-corrected chi connectivity index (χ4v) is 3.43. The van der Waals surface area contributed by atoms with Crippen LogP contribution in [0.5, 0.6) is 0 Å². The third-order valence-electron chi connectivity index (χ3n) is 4.95. The van der Waals surface area contributed by atoms with Crippen molar-refractivity contribution in [3.8, 4) is 11.5 Å². The third-order valence-corrected chi connectivity index (χ3v) is 4.95. The Morgan fingerprint density at radius 2 is 1.79 bits per heavy atom. The van der Waals surface area contributed by atoms with Gasteiger partial charge >= 0.3 is 0 Å². The molecule has 1 saturated heterocycles. The van der Waals surface area contributed by atoms with Crippen molar-refractivity contribution in [1.82, 2.24) is 10.1 Å². The molecule has 0 bridgehead atoms. The number of rotatable bonds is 5. The summed E-state index contributed by atoms with van der Waals surface area (Å²) in [5.74, 6) is 0.888. The van der Waals surface area contributed by atoms with Gasteiger partial charge in [-0.25, -0.2) is 0 Å². The summed E-state index contributed by atoms with van der Waals surface area (Å²) in [5, 5.41) is 15.6. The lowest BCUT2D eigenvalue weighted by atomic mass is 10.1. The van der Waals surface area contributed by atoms with E-state index in [2.05, 4.69) is 32.1 Å². The van der Waals surface area contributed by atoms with Gasteiger partial charge in [0.15, 0.2) is 5.82 Å². The van der Waals surface area contributed by atoms with E-state index < -0.39 is 0 Å². The highest BCUT2D eigenvalue weighted by molar-refractivity contribution is 5.71. The molecule has 0 N–H and O–H groups in total. The summed E-state index contributed by atoms with van der Waals surface area (Å²) in [4.78, 5) is 20.0. The molecule has 2 aromatic carbocycles. The first-order valence-corrected chi connectivity index (χ1v) is 9.32. The molecule has 144 valence electrons. The second-order valence-corrected chi connectivity index (χ2v) is 6.64. The van der Waals surface area contributed by atoms with Gasteiger partial charge in [-0.1, -0.05) is 30.3 Å². The van der Waals surface area contributed by atoms with E-state index in [-0.39, 0.29) is 10.6 Å². The number of nitro groups is 1. The summed E-state index contributed by atoms with van der Waals surface area (Å²) in [6.07, 6.45) is 0.648. The predicted octanol–water partition coefficient (Wildman–Crippen LogP) is 3.53. The highest BCUT2D eigenvalue weighted by Crippen LogP contribution is 2.33. The minimum Gasteiger partial charge on any atom is -0.368 e. The Morgan fingerprint density at radius 1 is 1.07 bits per heavy atom. The Bertz CT molecular complexity index is 965. The molecule has 0 radical (unpaired) electrons. The Labute approximate surface area is 162 Å². The summed E-state index contributed by atoms with van der Waals surface area (Å²) in [7, 11) is 0. The van der Waals surface area contributed by atoms with Crippen molar-refractivity contribution in [2.75, 3.05) is 36.0 Å². The lowest BCUT2D eigenvalue weighted by molar-refractivity contribution is -0.384. The van der Waals surface area contributed by atoms with E-state index in [0.29, 0.717) is 29.4 Å². The largest absolute Gasteiger partial charge is 0.368 e. The number of para-hydroxylation sites is 1. The molecule has 0 aliphatic carbocycles. The summed E-state index contributed by atoms with van der Waals surface area (Å²) in [5.41, 5.74) is 2.42. The molecule has 0 unspecified atom stereocenters. The normalized spacial score (nSPS) is 14.3. The molecule has 0 amide bonds. The van der Waals surface area contributed by atoms with Gasteiger partial charge in [0.25, 0.3) is 11.6 Å². The minimum absolute atomic E-state index is 0.0573. The minimum atomic E-state index is -0.348. The number of nitrogens with zero attached hydrogens (tertiary/aromatic N) is 5. The molecule has 0 atom stereocenters. The fourth-order valence-electron chi connectivity index (χ4n) is 3.43. The third kappa shape index (κ3) is 3.53. The Morgan fingerprint density at radius 3 is 2.43 bits per heavy atom. The molecule has 1 aromatic heterocycles. The number of aromatic nitrogens is 2. The number of nitro benzene ring substituents is 1. The van der Waals surface area contributed by atoms with Crippen LogP contribution >= 0.6 is 0 Å². The van der Waals surface area contributed by atoms with E-state index in [4.69, 9.17) is 4.52 Å². The number of anilines is 2. The zero-order chi connectivity index (χ0) is 19.5. The Hall–Kier alpha value is -3.42. The summed E-state index contributed by atoms with van der Waals surface area (Å²) < 4.78 is 5.22. The molecule has 8 heteroatoms. The first-order valence-electron chi connectivity index (χ1n) is 9.32. The standard InChI is InChI=1S/C20H21N5O3/c1-2-19-21-20(28-22-19)15-8-9-17(18(14-15)25(26)27)24-12-10-23(11-13-24)16-6-4-3-5-7-16/h3-9,14H,2,10-13H2,1H3. The van der Waals surface area contributed by atoms with Crippen LogP contribution in [0.4, 0.5) is 17.1 Å².